The second-order valence-electron chi connectivity index (χ2n) is 7.34. The van der Waals surface area contributed by atoms with Crippen molar-refractivity contribution in [1.82, 2.24) is 5.32 Å². The number of hydrogen-bond acceptors (Lipinski definition) is 4. The lowest BCUT2D eigenvalue weighted by atomic mass is 10.1. The second kappa shape index (κ2) is 10.1. The van der Waals surface area contributed by atoms with Crippen LogP contribution in [0.1, 0.15) is 24.1 Å². The van der Waals surface area contributed by atoms with Gasteiger partial charge in [-0.1, -0.05) is 48.0 Å². The molecule has 1 atom stereocenters. The Kier molecular flexibility index (Phi) is 7.43. The number of halogens is 1. The quantitative estimate of drug-likeness (QED) is 0.514. The van der Waals surface area contributed by atoms with Gasteiger partial charge in [0.05, 0.1) is 18.8 Å². The van der Waals surface area contributed by atoms with Gasteiger partial charge in [-0.25, -0.2) is 8.42 Å². The summed E-state index contributed by atoms with van der Waals surface area (Å²) in [6.45, 7) is 3.24. The SMILES string of the molecule is COc1ccc(C)cc1S(=O)(=O)N(CC(=O)NC(C)c1ccc(Cl)cc1)c1ccccc1. The van der Waals surface area contributed by atoms with Crippen molar-refractivity contribution in [2.45, 2.75) is 24.8 Å². The molecular formula is C24H25ClN2O4S. The maximum atomic E-state index is 13.6. The molecule has 0 radical (unpaired) electrons. The van der Waals surface area contributed by atoms with Crippen molar-refractivity contribution in [3.05, 3.63) is 88.9 Å². The summed E-state index contributed by atoms with van der Waals surface area (Å²) >= 11 is 5.93. The minimum absolute atomic E-state index is 0.00222. The summed E-state index contributed by atoms with van der Waals surface area (Å²) in [5, 5.41) is 3.46. The summed E-state index contributed by atoms with van der Waals surface area (Å²) in [5.74, 6) is -0.224. The molecule has 0 bridgehead atoms. The Morgan fingerprint density at radius 2 is 1.72 bits per heavy atom. The summed E-state index contributed by atoms with van der Waals surface area (Å²) in [6, 6.07) is 20.2. The van der Waals surface area contributed by atoms with Gasteiger partial charge in [-0.2, -0.15) is 0 Å². The van der Waals surface area contributed by atoms with Gasteiger partial charge in [-0.05, 0) is 61.4 Å². The number of ether oxygens (including phenoxy) is 1. The van der Waals surface area contributed by atoms with Crippen molar-refractivity contribution >= 4 is 33.2 Å². The van der Waals surface area contributed by atoms with Gasteiger partial charge in [0.25, 0.3) is 10.0 Å². The zero-order valence-corrected chi connectivity index (χ0v) is 19.7. The number of nitrogens with zero attached hydrogens (tertiary/aromatic N) is 1. The minimum atomic E-state index is -4.09. The molecule has 6 nitrogen and oxygen atoms in total. The number of anilines is 1. The topological polar surface area (TPSA) is 75.7 Å². The van der Waals surface area contributed by atoms with Gasteiger partial charge in [-0.15, -0.1) is 0 Å². The van der Waals surface area contributed by atoms with Crippen molar-refractivity contribution in [1.29, 1.82) is 0 Å². The Morgan fingerprint density at radius 3 is 2.34 bits per heavy atom. The maximum Gasteiger partial charge on any atom is 0.268 e. The number of carbonyl (C=O) groups excluding carboxylic acids is 1. The highest BCUT2D eigenvalue weighted by Crippen LogP contribution is 2.30. The largest absolute Gasteiger partial charge is 0.495 e. The monoisotopic (exact) mass is 472 g/mol. The van der Waals surface area contributed by atoms with E-state index in [0.717, 1.165) is 15.4 Å². The Morgan fingerprint density at radius 1 is 1.06 bits per heavy atom. The van der Waals surface area contributed by atoms with Gasteiger partial charge in [-0.3, -0.25) is 9.10 Å². The predicted octanol–water partition coefficient (Wildman–Crippen LogP) is 4.73. The molecule has 168 valence electrons. The standard InChI is InChI=1S/C24H25ClN2O4S/c1-17-9-14-22(31-3)23(15-17)32(29,30)27(21-7-5-4-6-8-21)16-24(28)26-18(2)19-10-12-20(25)13-11-19/h4-15,18H,16H2,1-3H3,(H,26,28). The van der Waals surface area contributed by atoms with E-state index in [1.54, 1.807) is 67.6 Å². The first-order valence-electron chi connectivity index (χ1n) is 9.99. The number of methoxy groups -OCH3 is 1. The van der Waals surface area contributed by atoms with Crippen molar-refractivity contribution in [2.75, 3.05) is 18.0 Å². The smallest absolute Gasteiger partial charge is 0.268 e. The van der Waals surface area contributed by atoms with Crippen molar-refractivity contribution in [2.24, 2.45) is 0 Å². The fraction of sp³-hybridized carbons (Fsp3) is 0.208. The fourth-order valence-corrected chi connectivity index (χ4v) is 5.06. The van der Waals surface area contributed by atoms with Crippen LogP contribution < -0.4 is 14.4 Å². The summed E-state index contributed by atoms with van der Waals surface area (Å²) < 4.78 is 33.7. The van der Waals surface area contributed by atoms with Gasteiger partial charge in [0.1, 0.15) is 17.2 Å². The van der Waals surface area contributed by atoms with E-state index in [4.69, 9.17) is 16.3 Å². The average molecular weight is 473 g/mol. The Labute approximate surface area is 193 Å². The van der Waals surface area contributed by atoms with E-state index in [1.807, 2.05) is 19.1 Å². The molecule has 8 heteroatoms. The molecule has 0 saturated carbocycles. The lowest BCUT2D eigenvalue weighted by Gasteiger charge is -2.26. The lowest BCUT2D eigenvalue weighted by molar-refractivity contribution is -0.120. The molecule has 3 aromatic rings. The molecule has 0 fully saturated rings. The van der Waals surface area contributed by atoms with Crippen molar-refractivity contribution in [3.63, 3.8) is 0 Å². The van der Waals surface area contributed by atoms with Crippen LogP contribution in [0, 0.1) is 6.92 Å². The van der Waals surface area contributed by atoms with Crippen LogP contribution in [0.3, 0.4) is 0 Å². The number of para-hydroxylation sites is 1. The summed E-state index contributed by atoms with van der Waals surface area (Å²) in [5.41, 5.74) is 2.00. The molecule has 0 aliphatic carbocycles. The van der Waals surface area contributed by atoms with Gasteiger partial charge >= 0.3 is 0 Å². The maximum absolute atomic E-state index is 13.6. The van der Waals surface area contributed by atoms with Crippen LogP contribution in [0.15, 0.2) is 77.7 Å². The van der Waals surface area contributed by atoms with Crippen molar-refractivity contribution < 1.29 is 17.9 Å². The molecule has 0 aromatic heterocycles. The van der Waals surface area contributed by atoms with Gasteiger partial charge < -0.3 is 10.1 Å². The zero-order chi connectivity index (χ0) is 23.3. The second-order valence-corrected chi connectivity index (χ2v) is 9.61. The number of amides is 1. The molecule has 0 aliphatic rings. The third kappa shape index (κ3) is 5.41. The van der Waals surface area contributed by atoms with E-state index in [0.29, 0.717) is 10.7 Å². The van der Waals surface area contributed by atoms with Gasteiger partial charge in [0, 0.05) is 5.02 Å². The molecule has 3 rings (SSSR count). The highest BCUT2D eigenvalue weighted by atomic mass is 35.5. The van der Waals surface area contributed by atoms with E-state index in [-0.39, 0.29) is 23.2 Å². The first kappa shape index (κ1) is 23.6. The molecule has 1 amide bonds. The van der Waals surface area contributed by atoms with Gasteiger partial charge in [0.15, 0.2) is 0 Å². The number of nitrogens with one attached hydrogen (secondary N) is 1. The molecule has 1 unspecified atom stereocenters. The molecule has 0 spiro atoms. The van der Waals surface area contributed by atoms with E-state index in [2.05, 4.69) is 5.32 Å². The van der Waals surface area contributed by atoms with Crippen molar-refractivity contribution in [3.8, 4) is 5.75 Å². The summed E-state index contributed by atoms with van der Waals surface area (Å²) in [6.07, 6.45) is 0. The molecular weight excluding hydrogens is 448 g/mol. The molecule has 0 heterocycles. The summed E-state index contributed by atoms with van der Waals surface area (Å²) in [7, 11) is -2.68. The third-order valence-corrected chi connectivity index (χ3v) is 7.01. The zero-order valence-electron chi connectivity index (χ0n) is 18.1. The first-order chi connectivity index (χ1) is 15.2. The third-order valence-electron chi connectivity index (χ3n) is 4.97. The van der Waals surface area contributed by atoms with Crippen LogP contribution in [0.4, 0.5) is 5.69 Å². The highest BCUT2D eigenvalue weighted by Gasteiger charge is 2.30. The van der Waals surface area contributed by atoms with Crippen LogP contribution in [0.5, 0.6) is 5.75 Å². The number of hydrogen-bond donors (Lipinski definition) is 1. The Balaban J connectivity index is 1.93. The predicted molar refractivity (Wildman–Crippen MR) is 127 cm³/mol. The van der Waals surface area contributed by atoms with E-state index >= 15 is 0 Å². The molecule has 1 N–H and O–H groups in total. The lowest BCUT2D eigenvalue weighted by Crippen LogP contribution is -2.41. The van der Waals surface area contributed by atoms with Crippen LogP contribution >= 0.6 is 11.6 Å². The molecule has 3 aromatic carbocycles. The number of aryl methyl sites for hydroxylation is 1. The number of carbonyl (C=O) groups is 1. The fourth-order valence-electron chi connectivity index (χ4n) is 3.27. The number of sulfonamides is 1. The number of rotatable bonds is 8. The Hall–Kier alpha value is -3.03. The first-order valence-corrected chi connectivity index (χ1v) is 11.8. The van der Waals surface area contributed by atoms with Crippen LogP contribution in [0.25, 0.3) is 0 Å². The van der Waals surface area contributed by atoms with Crippen LogP contribution in [-0.2, 0) is 14.8 Å². The molecule has 32 heavy (non-hydrogen) atoms. The van der Waals surface area contributed by atoms with Crippen LogP contribution in [0.2, 0.25) is 5.02 Å². The molecule has 0 saturated heterocycles. The average Bonchev–Trinajstić information content (AvgIpc) is 2.78. The number of benzene rings is 3. The minimum Gasteiger partial charge on any atom is -0.495 e. The van der Waals surface area contributed by atoms with E-state index < -0.39 is 15.9 Å². The van der Waals surface area contributed by atoms with E-state index in [1.165, 1.54) is 7.11 Å². The molecule has 0 aliphatic heterocycles. The highest BCUT2D eigenvalue weighted by molar-refractivity contribution is 7.93. The normalized spacial score (nSPS) is 12.1. The van der Waals surface area contributed by atoms with E-state index in [9.17, 15) is 13.2 Å². The van der Waals surface area contributed by atoms with Gasteiger partial charge in [0.2, 0.25) is 5.91 Å². The Bertz CT molecular complexity index is 1180. The summed E-state index contributed by atoms with van der Waals surface area (Å²) in [4.78, 5) is 12.9. The van der Waals surface area contributed by atoms with Crippen LogP contribution in [-0.4, -0.2) is 28.0 Å².